The Bertz CT molecular complexity index is 497. The van der Waals surface area contributed by atoms with Gasteiger partial charge in [-0.1, -0.05) is 13.8 Å². The molecule has 0 aliphatic carbocycles. The lowest BCUT2D eigenvalue weighted by molar-refractivity contribution is 0.463. The summed E-state index contributed by atoms with van der Waals surface area (Å²) < 4.78 is 23.4. The smallest absolute Gasteiger partial charge is 0.178 e. The summed E-state index contributed by atoms with van der Waals surface area (Å²) in [5.41, 5.74) is 6.49. The van der Waals surface area contributed by atoms with Crippen LogP contribution >= 0.6 is 0 Å². The molecular weight excluding hydrogens is 260 g/mol. The van der Waals surface area contributed by atoms with E-state index >= 15 is 0 Å². The molecule has 0 spiro atoms. The minimum atomic E-state index is -3.12. The van der Waals surface area contributed by atoms with Gasteiger partial charge in [0.25, 0.3) is 0 Å². The highest BCUT2D eigenvalue weighted by Gasteiger charge is 2.20. The van der Waals surface area contributed by atoms with Crippen molar-refractivity contribution in [3.05, 3.63) is 24.3 Å². The van der Waals surface area contributed by atoms with E-state index in [0.717, 1.165) is 18.5 Å². The molecule has 0 heterocycles. The minimum absolute atomic E-state index is 0.0557. The molecule has 5 heteroatoms. The van der Waals surface area contributed by atoms with Crippen LogP contribution in [0, 0.1) is 0 Å². The molecule has 1 rings (SSSR count). The summed E-state index contributed by atoms with van der Waals surface area (Å²) in [6.07, 6.45) is 1.83. The lowest BCUT2D eigenvalue weighted by atomic mass is 9.94. The molecule has 0 aliphatic heterocycles. The number of benzene rings is 1. The highest BCUT2D eigenvalue weighted by atomic mass is 32.2. The van der Waals surface area contributed by atoms with Crippen molar-refractivity contribution in [2.24, 2.45) is 5.73 Å². The van der Waals surface area contributed by atoms with Crippen molar-refractivity contribution < 1.29 is 8.42 Å². The van der Waals surface area contributed by atoms with E-state index in [9.17, 15) is 8.42 Å². The van der Waals surface area contributed by atoms with Crippen molar-refractivity contribution in [2.75, 3.05) is 17.6 Å². The average Bonchev–Trinajstić information content (AvgIpc) is 2.39. The summed E-state index contributed by atoms with van der Waals surface area (Å²) in [4.78, 5) is 0.373. The number of hydrogen-bond acceptors (Lipinski definition) is 4. The highest BCUT2D eigenvalue weighted by molar-refractivity contribution is 7.91. The predicted molar refractivity (Wildman–Crippen MR) is 80.2 cm³/mol. The average molecular weight is 284 g/mol. The van der Waals surface area contributed by atoms with Gasteiger partial charge in [0.2, 0.25) is 0 Å². The van der Waals surface area contributed by atoms with Gasteiger partial charge >= 0.3 is 0 Å². The van der Waals surface area contributed by atoms with Crippen LogP contribution in [-0.2, 0) is 9.84 Å². The normalized spacial score (nSPS) is 14.9. The van der Waals surface area contributed by atoms with E-state index in [-0.39, 0.29) is 11.3 Å². The molecule has 1 atom stereocenters. The molecule has 1 aromatic carbocycles. The fourth-order valence-corrected chi connectivity index (χ4v) is 2.79. The Morgan fingerprint density at radius 1 is 1.21 bits per heavy atom. The van der Waals surface area contributed by atoms with Gasteiger partial charge in [-0.15, -0.1) is 0 Å². The largest absolute Gasteiger partial charge is 0.380 e. The maximum Gasteiger partial charge on any atom is 0.178 e. The molecule has 108 valence electrons. The second kappa shape index (κ2) is 6.39. The molecule has 4 nitrogen and oxygen atoms in total. The molecule has 0 saturated heterocycles. The van der Waals surface area contributed by atoms with E-state index in [4.69, 9.17) is 5.73 Å². The van der Waals surface area contributed by atoms with E-state index in [1.54, 1.807) is 19.1 Å². The van der Waals surface area contributed by atoms with Gasteiger partial charge < -0.3 is 11.1 Å². The van der Waals surface area contributed by atoms with Crippen LogP contribution in [-0.4, -0.2) is 26.3 Å². The molecule has 0 aromatic heterocycles. The number of sulfone groups is 1. The summed E-state index contributed by atoms with van der Waals surface area (Å²) in [7, 11) is -3.12. The number of hydrogen-bond donors (Lipinski definition) is 2. The number of rotatable bonds is 7. The van der Waals surface area contributed by atoms with Crippen molar-refractivity contribution in [2.45, 2.75) is 44.0 Å². The number of nitrogens with two attached hydrogens (primary N) is 1. The zero-order chi connectivity index (χ0) is 14.5. The third-order valence-corrected chi connectivity index (χ3v) is 5.27. The monoisotopic (exact) mass is 284 g/mol. The van der Waals surface area contributed by atoms with Crippen molar-refractivity contribution in [3.8, 4) is 0 Å². The zero-order valence-electron chi connectivity index (χ0n) is 11.9. The van der Waals surface area contributed by atoms with Gasteiger partial charge in [0.1, 0.15) is 0 Å². The van der Waals surface area contributed by atoms with E-state index in [0.29, 0.717) is 11.4 Å². The van der Waals surface area contributed by atoms with Crippen LogP contribution in [0.25, 0.3) is 0 Å². The first kappa shape index (κ1) is 16.0. The second-order valence-corrected chi connectivity index (χ2v) is 7.28. The molecular formula is C14H24N2O2S. The molecule has 0 radical (unpaired) electrons. The first-order chi connectivity index (χ1) is 8.87. The topological polar surface area (TPSA) is 72.2 Å². The van der Waals surface area contributed by atoms with Crippen LogP contribution in [0.1, 0.15) is 33.6 Å². The van der Waals surface area contributed by atoms with Crippen LogP contribution in [0.2, 0.25) is 0 Å². The summed E-state index contributed by atoms with van der Waals surface area (Å²) in [6, 6.07) is 6.93. The van der Waals surface area contributed by atoms with Gasteiger partial charge in [0.05, 0.1) is 10.6 Å². The fraction of sp³-hybridized carbons (Fsp3) is 0.571. The summed E-state index contributed by atoms with van der Waals surface area (Å²) in [6.45, 7) is 6.51. The Labute approximate surface area is 116 Å². The van der Waals surface area contributed by atoms with Gasteiger partial charge in [-0.05, 0) is 50.6 Å². The quantitative estimate of drug-likeness (QED) is 0.806. The molecule has 1 unspecified atom stereocenters. The van der Waals surface area contributed by atoms with Crippen molar-refractivity contribution in [3.63, 3.8) is 0 Å². The van der Waals surface area contributed by atoms with Gasteiger partial charge in [-0.2, -0.15) is 0 Å². The van der Waals surface area contributed by atoms with Crippen LogP contribution in [0.15, 0.2) is 29.2 Å². The van der Waals surface area contributed by atoms with Crippen molar-refractivity contribution >= 4 is 15.5 Å². The molecule has 0 aliphatic rings. The Hall–Kier alpha value is -1.07. The van der Waals surface area contributed by atoms with E-state index in [1.165, 1.54) is 0 Å². The lowest BCUT2D eigenvalue weighted by Crippen LogP contribution is -2.36. The molecule has 1 aromatic rings. The predicted octanol–water partition coefficient (Wildman–Crippen LogP) is 2.41. The third kappa shape index (κ3) is 4.21. The molecule has 0 fully saturated rings. The maximum absolute atomic E-state index is 11.7. The molecule has 0 bridgehead atoms. The maximum atomic E-state index is 11.7. The molecule has 0 amide bonds. The Morgan fingerprint density at radius 3 is 2.21 bits per heavy atom. The molecule has 19 heavy (non-hydrogen) atoms. The van der Waals surface area contributed by atoms with E-state index in [2.05, 4.69) is 19.2 Å². The van der Waals surface area contributed by atoms with E-state index < -0.39 is 9.84 Å². The van der Waals surface area contributed by atoms with Crippen molar-refractivity contribution in [1.82, 2.24) is 0 Å². The van der Waals surface area contributed by atoms with Gasteiger partial charge in [0.15, 0.2) is 9.84 Å². The molecule has 3 N–H and O–H groups in total. The van der Waals surface area contributed by atoms with E-state index in [1.807, 2.05) is 12.1 Å². The Morgan fingerprint density at radius 2 is 1.79 bits per heavy atom. The Balaban J connectivity index is 2.88. The summed E-state index contributed by atoms with van der Waals surface area (Å²) in [5, 5.41) is 3.43. The fourth-order valence-electron chi connectivity index (χ4n) is 1.91. The molecule has 0 saturated carbocycles. The van der Waals surface area contributed by atoms with Crippen molar-refractivity contribution in [1.29, 1.82) is 0 Å². The van der Waals surface area contributed by atoms with Gasteiger partial charge in [0, 0.05) is 11.2 Å². The second-order valence-electron chi connectivity index (χ2n) is 5.01. The van der Waals surface area contributed by atoms with Crippen LogP contribution in [0.5, 0.6) is 0 Å². The first-order valence-corrected chi connectivity index (χ1v) is 8.33. The third-order valence-electron chi connectivity index (χ3n) is 3.52. The number of anilines is 1. The van der Waals surface area contributed by atoms with Gasteiger partial charge in [-0.25, -0.2) is 8.42 Å². The first-order valence-electron chi connectivity index (χ1n) is 6.68. The standard InChI is InChI=1S/C14H24N2O2S/c1-4-14(3,10-11-15)16-12-6-8-13(9-7-12)19(17,18)5-2/h6-9,16H,4-5,10-11,15H2,1-3H3. The summed E-state index contributed by atoms with van der Waals surface area (Å²) >= 11 is 0. The minimum Gasteiger partial charge on any atom is -0.380 e. The van der Waals surface area contributed by atoms with Crippen LogP contribution in [0.4, 0.5) is 5.69 Å². The lowest BCUT2D eigenvalue weighted by Gasteiger charge is -2.30. The number of nitrogens with one attached hydrogen (secondary N) is 1. The highest BCUT2D eigenvalue weighted by Crippen LogP contribution is 2.23. The van der Waals surface area contributed by atoms with Crippen LogP contribution in [0.3, 0.4) is 0 Å². The van der Waals surface area contributed by atoms with Crippen LogP contribution < -0.4 is 11.1 Å². The SMILES string of the molecule is CCC(C)(CCN)Nc1ccc(S(=O)(=O)CC)cc1. The summed E-state index contributed by atoms with van der Waals surface area (Å²) in [5.74, 6) is 0.125. The Kier molecular flexibility index (Phi) is 5.38. The zero-order valence-corrected chi connectivity index (χ0v) is 12.8. The van der Waals surface area contributed by atoms with Gasteiger partial charge in [-0.3, -0.25) is 0 Å².